The molecule has 1 aromatic carbocycles. The number of hydrogen-bond donors (Lipinski definition) is 0. The van der Waals surface area contributed by atoms with E-state index < -0.39 is 11.9 Å². The number of ether oxygens (including phenoxy) is 2. The summed E-state index contributed by atoms with van der Waals surface area (Å²) in [7, 11) is 1.81. The van der Waals surface area contributed by atoms with E-state index in [0.717, 1.165) is 16.7 Å². The van der Waals surface area contributed by atoms with Gasteiger partial charge in [0.1, 0.15) is 11.1 Å². The quantitative estimate of drug-likeness (QED) is 0.321. The van der Waals surface area contributed by atoms with Crippen LogP contribution in [0.15, 0.2) is 52.4 Å². The van der Waals surface area contributed by atoms with Crippen LogP contribution < -0.4 is 4.90 Å². The minimum absolute atomic E-state index is 0.0122. The van der Waals surface area contributed by atoms with Crippen molar-refractivity contribution in [1.82, 2.24) is 0 Å². The number of para-hydroxylation sites is 1. The van der Waals surface area contributed by atoms with E-state index in [4.69, 9.17) is 9.47 Å². The van der Waals surface area contributed by atoms with Gasteiger partial charge in [-0.3, -0.25) is 0 Å². The third-order valence-electron chi connectivity index (χ3n) is 3.45. The zero-order valence-corrected chi connectivity index (χ0v) is 14.7. The standard InChI is InChI=1S/C18H18N2O4S/c1-3-16(21)23-10-6-7-11-24-18(22)13(12-19)17-20(2)14-8-4-5-9-15(14)25-17/h3-5,8-9H,1,6-7,10-11H2,2H3/b17-13-. The van der Waals surface area contributed by atoms with E-state index in [2.05, 4.69) is 6.58 Å². The number of anilines is 1. The summed E-state index contributed by atoms with van der Waals surface area (Å²) in [5, 5.41) is 9.93. The second kappa shape index (κ2) is 8.94. The Labute approximate surface area is 150 Å². The smallest absolute Gasteiger partial charge is 0.351 e. The number of esters is 2. The maximum absolute atomic E-state index is 12.2. The third kappa shape index (κ3) is 4.64. The number of thioether (sulfide) groups is 1. The lowest BCUT2D eigenvalue weighted by Gasteiger charge is -2.14. The van der Waals surface area contributed by atoms with E-state index in [1.54, 1.807) is 0 Å². The Hall–Kier alpha value is -2.72. The van der Waals surface area contributed by atoms with Gasteiger partial charge < -0.3 is 14.4 Å². The molecule has 0 spiro atoms. The van der Waals surface area contributed by atoms with Gasteiger partial charge in [-0.1, -0.05) is 30.5 Å². The summed E-state index contributed by atoms with van der Waals surface area (Å²) >= 11 is 1.37. The normalized spacial score (nSPS) is 14.3. The zero-order valence-electron chi connectivity index (χ0n) is 13.9. The van der Waals surface area contributed by atoms with Crippen LogP contribution in [0.3, 0.4) is 0 Å². The lowest BCUT2D eigenvalue weighted by molar-refractivity contribution is -0.140. The molecule has 0 saturated carbocycles. The van der Waals surface area contributed by atoms with E-state index in [0.29, 0.717) is 17.9 Å². The first-order chi connectivity index (χ1) is 12.1. The fraction of sp³-hybridized carbons (Fsp3) is 0.278. The summed E-state index contributed by atoms with van der Waals surface area (Å²) in [4.78, 5) is 25.9. The number of carbonyl (C=O) groups is 2. The molecule has 130 valence electrons. The highest BCUT2D eigenvalue weighted by atomic mass is 32.2. The van der Waals surface area contributed by atoms with Crippen molar-refractivity contribution in [2.24, 2.45) is 0 Å². The van der Waals surface area contributed by atoms with Crippen LogP contribution in [0.4, 0.5) is 5.69 Å². The second-order valence-corrected chi connectivity index (χ2v) is 6.17. The van der Waals surface area contributed by atoms with E-state index in [1.807, 2.05) is 42.3 Å². The largest absolute Gasteiger partial charge is 0.463 e. The van der Waals surface area contributed by atoms with Crippen molar-refractivity contribution in [3.05, 3.63) is 47.5 Å². The highest BCUT2D eigenvalue weighted by Crippen LogP contribution is 2.46. The van der Waals surface area contributed by atoms with Gasteiger partial charge in [0.05, 0.1) is 18.9 Å². The summed E-state index contributed by atoms with van der Waals surface area (Å²) in [5.74, 6) is -1.12. The second-order valence-electron chi connectivity index (χ2n) is 5.14. The van der Waals surface area contributed by atoms with Crippen molar-refractivity contribution in [2.45, 2.75) is 17.7 Å². The Bertz CT molecular complexity index is 752. The highest BCUT2D eigenvalue weighted by molar-refractivity contribution is 8.03. The molecule has 0 N–H and O–H groups in total. The van der Waals surface area contributed by atoms with Gasteiger partial charge >= 0.3 is 11.9 Å². The molecular formula is C18H18N2O4S. The molecule has 0 saturated heterocycles. The van der Waals surface area contributed by atoms with Crippen LogP contribution in [0.1, 0.15) is 12.8 Å². The van der Waals surface area contributed by atoms with Gasteiger partial charge in [-0.25, -0.2) is 9.59 Å². The molecule has 0 aromatic heterocycles. The summed E-state index contributed by atoms with van der Waals surface area (Å²) in [6, 6.07) is 9.63. The van der Waals surface area contributed by atoms with E-state index >= 15 is 0 Å². The van der Waals surface area contributed by atoms with E-state index in [9.17, 15) is 14.9 Å². The van der Waals surface area contributed by atoms with Crippen LogP contribution in [-0.2, 0) is 19.1 Å². The van der Waals surface area contributed by atoms with Crippen molar-refractivity contribution >= 4 is 29.4 Å². The SMILES string of the molecule is C=CC(=O)OCCCCOC(=O)/C(C#N)=C1\Sc2ccccc2N1C. The Morgan fingerprint density at radius 3 is 2.60 bits per heavy atom. The van der Waals surface area contributed by atoms with Gasteiger partial charge in [0.25, 0.3) is 0 Å². The van der Waals surface area contributed by atoms with Gasteiger partial charge in [-0.2, -0.15) is 5.26 Å². The first kappa shape index (κ1) is 18.6. The molecule has 0 unspecified atom stereocenters. The first-order valence-electron chi connectivity index (χ1n) is 7.69. The molecular weight excluding hydrogens is 340 g/mol. The Kier molecular flexibility index (Phi) is 6.66. The maximum Gasteiger partial charge on any atom is 0.351 e. The van der Waals surface area contributed by atoms with Gasteiger partial charge in [0.15, 0.2) is 5.57 Å². The van der Waals surface area contributed by atoms with Crippen molar-refractivity contribution in [1.29, 1.82) is 5.26 Å². The minimum Gasteiger partial charge on any atom is -0.463 e. The van der Waals surface area contributed by atoms with E-state index in [-0.39, 0.29) is 18.8 Å². The van der Waals surface area contributed by atoms with Crippen molar-refractivity contribution in [2.75, 3.05) is 25.2 Å². The minimum atomic E-state index is -0.646. The predicted octanol–water partition coefficient (Wildman–Crippen LogP) is 3.02. The van der Waals surface area contributed by atoms with Gasteiger partial charge in [-0.05, 0) is 25.0 Å². The first-order valence-corrected chi connectivity index (χ1v) is 8.51. The third-order valence-corrected chi connectivity index (χ3v) is 4.69. The highest BCUT2D eigenvalue weighted by Gasteiger charge is 2.28. The zero-order chi connectivity index (χ0) is 18.2. The molecule has 0 aliphatic carbocycles. The van der Waals surface area contributed by atoms with Crippen LogP contribution >= 0.6 is 11.8 Å². The molecule has 25 heavy (non-hydrogen) atoms. The van der Waals surface area contributed by atoms with Crippen LogP contribution in [0, 0.1) is 11.3 Å². The average molecular weight is 358 g/mol. The molecule has 1 heterocycles. The lowest BCUT2D eigenvalue weighted by Crippen LogP contribution is -2.17. The molecule has 6 nitrogen and oxygen atoms in total. The fourth-order valence-electron chi connectivity index (χ4n) is 2.17. The van der Waals surface area contributed by atoms with Crippen LogP contribution in [0.25, 0.3) is 0 Å². The van der Waals surface area contributed by atoms with Gasteiger partial charge in [-0.15, -0.1) is 0 Å². The topological polar surface area (TPSA) is 79.6 Å². The lowest BCUT2D eigenvalue weighted by atomic mass is 10.2. The number of benzene rings is 1. The van der Waals surface area contributed by atoms with Gasteiger partial charge in [0, 0.05) is 18.0 Å². The summed E-state index contributed by atoms with van der Waals surface area (Å²) in [5.41, 5.74) is 0.939. The number of rotatable bonds is 7. The molecule has 0 fully saturated rings. The molecule has 0 bridgehead atoms. The molecule has 0 amide bonds. The van der Waals surface area contributed by atoms with Crippen molar-refractivity contribution in [3.8, 4) is 6.07 Å². The Morgan fingerprint density at radius 1 is 1.28 bits per heavy atom. The fourth-order valence-corrected chi connectivity index (χ4v) is 3.31. The van der Waals surface area contributed by atoms with Gasteiger partial charge in [0.2, 0.25) is 0 Å². The van der Waals surface area contributed by atoms with Crippen LogP contribution in [0.5, 0.6) is 0 Å². The summed E-state index contributed by atoms with van der Waals surface area (Å²) in [6.07, 6.45) is 2.19. The Morgan fingerprint density at radius 2 is 1.96 bits per heavy atom. The average Bonchev–Trinajstić information content (AvgIpc) is 2.95. The van der Waals surface area contributed by atoms with Crippen LogP contribution in [-0.4, -0.2) is 32.2 Å². The molecule has 7 heteroatoms. The molecule has 0 radical (unpaired) electrons. The monoisotopic (exact) mass is 358 g/mol. The van der Waals surface area contributed by atoms with Crippen LogP contribution in [0.2, 0.25) is 0 Å². The molecule has 2 rings (SSSR count). The predicted molar refractivity (Wildman–Crippen MR) is 94.7 cm³/mol. The molecule has 0 atom stereocenters. The number of nitrogens with zero attached hydrogens (tertiary/aromatic N) is 2. The molecule has 1 aliphatic rings. The number of unbranched alkanes of at least 4 members (excludes halogenated alkanes) is 1. The number of fused-ring (bicyclic) bond motifs is 1. The molecule has 1 aromatic rings. The molecule has 1 aliphatic heterocycles. The Balaban J connectivity index is 1.89. The number of hydrogen-bond acceptors (Lipinski definition) is 7. The van der Waals surface area contributed by atoms with Crippen molar-refractivity contribution in [3.63, 3.8) is 0 Å². The summed E-state index contributed by atoms with van der Waals surface area (Å²) < 4.78 is 10.00. The van der Waals surface area contributed by atoms with E-state index in [1.165, 1.54) is 11.8 Å². The summed E-state index contributed by atoms with van der Waals surface area (Å²) in [6.45, 7) is 3.70. The number of carbonyl (C=O) groups excluding carboxylic acids is 2. The maximum atomic E-state index is 12.2. The number of nitriles is 1. The van der Waals surface area contributed by atoms with Crippen molar-refractivity contribution < 1.29 is 19.1 Å².